The number of hydrogen-bond acceptors (Lipinski definition) is 8. The van der Waals surface area contributed by atoms with Crippen LogP contribution in [0.2, 0.25) is 0 Å². The van der Waals surface area contributed by atoms with Crippen LogP contribution in [0.4, 0.5) is 16.0 Å². The Morgan fingerprint density at radius 1 is 1.32 bits per heavy atom. The number of allylic oxidation sites excluding steroid dienone is 1. The molecule has 1 amide bonds. The van der Waals surface area contributed by atoms with E-state index in [0.29, 0.717) is 23.6 Å². The topological polar surface area (TPSA) is 123 Å². The highest BCUT2D eigenvalue weighted by atomic mass is 19.1. The van der Waals surface area contributed by atoms with Crippen molar-refractivity contribution in [2.45, 2.75) is 13.8 Å². The molecule has 0 aliphatic carbocycles. The van der Waals surface area contributed by atoms with Crippen LogP contribution < -0.4 is 16.4 Å². The van der Waals surface area contributed by atoms with Gasteiger partial charge in [0.1, 0.15) is 0 Å². The largest absolute Gasteiger partial charge is 0.403 e. The fraction of sp³-hybridized carbons (Fsp3) is 0.308. The van der Waals surface area contributed by atoms with Crippen LogP contribution in [0.25, 0.3) is 16.7 Å². The predicted octanol–water partition coefficient (Wildman–Crippen LogP) is 3.00. The molecule has 1 aliphatic rings. The molecule has 0 spiro atoms. The van der Waals surface area contributed by atoms with Crippen molar-refractivity contribution in [1.29, 1.82) is 0 Å². The molecule has 11 heteroatoms. The SMILES string of the molecule is C=CC(=O)Nc1ccc2c(c1)c(C)cn2-c1nc(N/C(=C/N)C(C)=NCCN2CCOCC2)ncc1F. The summed E-state index contributed by atoms with van der Waals surface area (Å²) in [6.07, 6.45) is 5.50. The van der Waals surface area contributed by atoms with Crippen molar-refractivity contribution < 1.29 is 13.9 Å². The van der Waals surface area contributed by atoms with Crippen LogP contribution in [0.5, 0.6) is 0 Å². The summed E-state index contributed by atoms with van der Waals surface area (Å²) in [6, 6.07) is 5.36. The number of hydrogen-bond donors (Lipinski definition) is 3. The molecule has 1 aromatic carbocycles. The summed E-state index contributed by atoms with van der Waals surface area (Å²) >= 11 is 0. The molecule has 1 fully saturated rings. The lowest BCUT2D eigenvalue weighted by molar-refractivity contribution is -0.111. The van der Waals surface area contributed by atoms with Crippen LogP contribution >= 0.6 is 0 Å². The Hall–Kier alpha value is -4.09. The van der Waals surface area contributed by atoms with Crippen LogP contribution in [-0.2, 0) is 9.53 Å². The number of nitrogens with two attached hydrogens (primary N) is 1. The molecule has 3 aromatic rings. The average Bonchev–Trinajstić information content (AvgIpc) is 3.24. The van der Waals surface area contributed by atoms with Crippen molar-refractivity contribution in [1.82, 2.24) is 19.4 Å². The van der Waals surface area contributed by atoms with Gasteiger partial charge in [0.15, 0.2) is 11.6 Å². The van der Waals surface area contributed by atoms with E-state index >= 15 is 0 Å². The second kappa shape index (κ2) is 11.8. The molecule has 0 atom stereocenters. The van der Waals surface area contributed by atoms with Crippen LogP contribution in [0.1, 0.15) is 12.5 Å². The number of benzene rings is 1. The highest BCUT2D eigenvalue weighted by Gasteiger charge is 2.16. The third kappa shape index (κ3) is 6.19. The van der Waals surface area contributed by atoms with E-state index in [4.69, 9.17) is 10.5 Å². The summed E-state index contributed by atoms with van der Waals surface area (Å²) in [6.45, 7) is 11.9. The Morgan fingerprint density at radius 2 is 2.11 bits per heavy atom. The predicted molar refractivity (Wildman–Crippen MR) is 144 cm³/mol. The number of ether oxygens (including phenoxy) is 1. The van der Waals surface area contributed by atoms with Gasteiger partial charge in [0.2, 0.25) is 11.9 Å². The number of morpholine rings is 1. The second-order valence-corrected chi connectivity index (χ2v) is 8.60. The number of carbonyl (C=O) groups excluding carboxylic acids is 1. The van der Waals surface area contributed by atoms with Crippen molar-refractivity contribution in [2.75, 3.05) is 50.0 Å². The van der Waals surface area contributed by atoms with Gasteiger partial charge in [-0.1, -0.05) is 6.58 Å². The summed E-state index contributed by atoms with van der Waals surface area (Å²) in [5.41, 5.74) is 9.32. The number of carbonyl (C=O) groups is 1. The summed E-state index contributed by atoms with van der Waals surface area (Å²) in [5, 5.41) is 6.64. The van der Waals surface area contributed by atoms with Gasteiger partial charge in [-0.15, -0.1) is 0 Å². The minimum atomic E-state index is -0.583. The molecule has 1 saturated heterocycles. The van der Waals surface area contributed by atoms with Crippen molar-refractivity contribution in [3.05, 3.63) is 66.5 Å². The number of aliphatic imine (C=N–C) groups is 1. The smallest absolute Gasteiger partial charge is 0.247 e. The molecular formula is C26H31FN8O2. The molecule has 3 heterocycles. The molecule has 1 aliphatic heterocycles. The monoisotopic (exact) mass is 506 g/mol. The zero-order valence-electron chi connectivity index (χ0n) is 21.0. The van der Waals surface area contributed by atoms with E-state index in [9.17, 15) is 9.18 Å². The maximum absolute atomic E-state index is 14.9. The number of halogens is 1. The van der Waals surface area contributed by atoms with Gasteiger partial charge in [0.05, 0.1) is 42.9 Å². The van der Waals surface area contributed by atoms with Gasteiger partial charge in [-0.2, -0.15) is 4.98 Å². The third-order valence-electron chi connectivity index (χ3n) is 6.08. The van der Waals surface area contributed by atoms with Gasteiger partial charge in [-0.3, -0.25) is 19.3 Å². The summed E-state index contributed by atoms with van der Waals surface area (Å²) < 4.78 is 21.9. The number of nitrogens with zero attached hydrogens (tertiary/aromatic N) is 5. The van der Waals surface area contributed by atoms with Gasteiger partial charge in [0.25, 0.3) is 0 Å². The van der Waals surface area contributed by atoms with Gasteiger partial charge in [-0.05, 0) is 43.7 Å². The van der Waals surface area contributed by atoms with Crippen molar-refractivity contribution in [2.24, 2.45) is 10.7 Å². The van der Waals surface area contributed by atoms with E-state index in [0.717, 1.165) is 55.5 Å². The minimum Gasteiger partial charge on any atom is -0.403 e. The number of amides is 1. The Labute approximate surface area is 214 Å². The molecule has 194 valence electrons. The van der Waals surface area contributed by atoms with Crippen LogP contribution in [0.3, 0.4) is 0 Å². The van der Waals surface area contributed by atoms with E-state index in [2.05, 4.69) is 37.1 Å². The maximum atomic E-state index is 14.9. The first-order valence-electron chi connectivity index (χ1n) is 12.0. The Morgan fingerprint density at radius 3 is 2.84 bits per heavy atom. The molecule has 4 N–H and O–H groups in total. The quantitative estimate of drug-likeness (QED) is 0.301. The third-order valence-corrected chi connectivity index (χ3v) is 6.08. The summed E-state index contributed by atoms with van der Waals surface area (Å²) in [7, 11) is 0. The van der Waals surface area contributed by atoms with Crippen LogP contribution in [0, 0.1) is 12.7 Å². The van der Waals surface area contributed by atoms with Gasteiger partial charge >= 0.3 is 0 Å². The number of anilines is 2. The lowest BCUT2D eigenvalue weighted by atomic mass is 10.2. The summed E-state index contributed by atoms with van der Waals surface area (Å²) in [5.74, 6) is -0.625. The molecule has 0 saturated carbocycles. The van der Waals surface area contributed by atoms with E-state index in [1.165, 1.54) is 12.3 Å². The molecule has 0 bridgehead atoms. The number of aryl methyl sites for hydroxylation is 1. The lowest BCUT2D eigenvalue weighted by Crippen LogP contribution is -2.37. The molecule has 2 aromatic heterocycles. The maximum Gasteiger partial charge on any atom is 0.247 e. The molecule has 0 radical (unpaired) electrons. The molecule has 10 nitrogen and oxygen atoms in total. The normalized spacial score (nSPS) is 15.1. The number of nitrogens with one attached hydrogen (secondary N) is 2. The number of aromatic nitrogens is 3. The summed E-state index contributed by atoms with van der Waals surface area (Å²) in [4.78, 5) is 27.1. The van der Waals surface area contributed by atoms with E-state index in [-0.39, 0.29) is 17.7 Å². The molecular weight excluding hydrogens is 475 g/mol. The lowest BCUT2D eigenvalue weighted by Gasteiger charge is -2.25. The van der Waals surface area contributed by atoms with E-state index in [1.54, 1.807) is 22.9 Å². The van der Waals surface area contributed by atoms with Crippen molar-refractivity contribution >= 4 is 34.2 Å². The zero-order chi connectivity index (χ0) is 26.4. The van der Waals surface area contributed by atoms with Crippen molar-refractivity contribution in [3.8, 4) is 5.82 Å². The first kappa shape index (κ1) is 26.0. The Bertz CT molecular complexity index is 1360. The van der Waals surface area contributed by atoms with Crippen molar-refractivity contribution in [3.63, 3.8) is 0 Å². The zero-order valence-corrected chi connectivity index (χ0v) is 21.0. The van der Waals surface area contributed by atoms with Gasteiger partial charge < -0.3 is 21.1 Å². The standard InChI is InChI=1S/C26H31FN8O2/c1-4-24(36)31-19-5-6-23-20(13-19)17(2)16-35(23)25-21(27)15-30-26(33-25)32-22(14-28)18(3)29-7-8-34-9-11-37-12-10-34/h4-6,13-16H,1,7-12,28H2,2-3H3,(H,31,36)(H,30,32,33)/b22-14+,29-18?. The molecule has 0 unspecified atom stereocenters. The Kier molecular flexibility index (Phi) is 8.26. The molecule has 37 heavy (non-hydrogen) atoms. The minimum absolute atomic E-state index is 0.0803. The first-order chi connectivity index (χ1) is 17.9. The fourth-order valence-electron chi connectivity index (χ4n) is 4.07. The van der Waals surface area contributed by atoms with Crippen LogP contribution in [-0.4, -0.2) is 70.4 Å². The first-order valence-corrected chi connectivity index (χ1v) is 12.0. The van der Waals surface area contributed by atoms with Gasteiger partial charge in [-0.25, -0.2) is 9.37 Å². The number of fused-ring (bicyclic) bond motifs is 1. The second-order valence-electron chi connectivity index (χ2n) is 8.60. The van der Waals surface area contributed by atoms with E-state index in [1.807, 2.05) is 19.9 Å². The highest BCUT2D eigenvalue weighted by molar-refractivity contribution is 6.01. The fourth-order valence-corrected chi connectivity index (χ4v) is 4.07. The Balaban J connectivity index is 1.54. The average molecular weight is 507 g/mol. The van der Waals surface area contributed by atoms with Crippen LogP contribution in [0.15, 0.2) is 60.1 Å². The molecule has 4 rings (SSSR count). The highest BCUT2D eigenvalue weighted by Crippen LogP contribution is 2.28. The van der Waals surface area contributed by atoms with Gasteiger partial charge in [0, 0.05) is 43.1 Å². The van der Waals surface area contributed by atoms with E-state index < -0.39 is 5.82 Å². The number of rotatable bonds is 9.